The standard InChI is InChI=1S/C15H24N2O3S/c1-9(2)6-12(5)17-15(18)13-8-14(21(16,19)20)11(4)7-10(13)3/h7-9,12H,6H2,1-5H3,(H,17,18)(H2,16,19,20). The fourth-order valence-electron chi connectivity index (χ4n) is 2.45. The Morgan fingerprint density at radius 1 is 1.19 bits per heavy atom. The predicted molar refractivity (Wildman–Crippen MR) is 83.7 cm³/mol. The van der Waals surface area contributed by atoms with Crippen LogP contribution in [0.4, 0.5) is 0 Å². The number of amides is 1. The maximum absolute atomic E-state index is 12.3. The number of hydrogen-bond donors (Lipinski definition) is 2. The quantitative estimate of drug-likeness (QED) is 0.872. The summed E-state index contributed by atoms with van der Waals surface area (Å²) in [7, 11) is -3.83. The molecule has 5 nitrogen and oxygen atoms in total. The fraction of sp³-hybridized carbons (Fsp3) is 0.533. The molecule has 0 bridgehead atoms. The van der Waals surface area contributed by atoms with Crippen molar-refractivity contribution in [2.24, 2.45) is 11.1 Å². The number of rotatable bonds is 5. The molecule has 0 spiro atoms. The summed E-state index contributed by atoms with van der Waals surface area (Å²) in [5.41, 5.74) is 1.62. The number of benzene rings is 1. The van der Waals surface area contributed by atoms with E-state index in [1.54, 1.807) is 19.9 Å². The molecule has 1 atom stereocenters. The fourth-order valence-corrected chi connectivity index (χ4v) is 3.24. The molecule has 1 aromatic rings. The van der Waals surface area contributed by atoms with Crippen LogP contribution in [0.2, 0.25) is 0 Å². The monoisotopic (exact) mass is 312 g/mol. The van der Waals surface area contributed by atoms with E-state index in [4.69, 9.17) is 5.14 Å². The van der Waals surface area contributed by atoms with Gasteiger partial charge >= 0.3 is 0 Å². The number of nitrogens with two attached hydrogens (primary N) is 1. The van der Waals surface area contributed by atoms with Gasteiger partial charge in [-0.25, -0.2) is 13.6 Å². The van der Waals surface area contributed by atoms with Gasteiger partial charge in [-0.1, -0.05) is 19.9 Å². The highest BCUT2D eigenvalue weighted by Gasteiger charge is 2.19. The van der Waals surface area contributed by atoms with Gasteiger partial charge in [0.05, 0.1) is 4.90 Å². The van der Waals surface area contributed by atoms with E-state index in [-0.39, 0.29) is 16.8 Å². The minimum Gasteiger partial charge on any atom is -0.350 e. The number of aryl methyl sites for hydroxylation is 2. The summed E-state index contributed by atoms with van der Waals surface area (Å²) in [4.78, 5) is 12.3. The van der Waals surface area contributed by atoms with E-state index in [1.165, 1.54) is 6.07 Å². The van der Waals surface area contributed by atoms with Crippen LogP contribution in [0.25, 0.3) is 0 Å². The number of hydrogen-bond acceptors (Lipinski definition) is 3. The summed E-state index contributed by atoms with van der Waals surface area (Å²) in [6.45, 7) is 9.54. The first-order chi connectivity index (χ1) is 9.52. The summed E-state index contributed by atoms with van der Waals surface area (Å²) < 4.78 is 23.1. The second-order valence-corrected chi connectivity index (χ2v) is 7.51. The highest BCUT2D eigenvalue weighted by Crippen LogP contribution is 2.20. The topological polar surface area (TPSA) is 89.3 Å². The molecule has 0 heterocycles. The summed E-state index contributed by atoms with van der Waals surface area (Å²) in [5.74, 6) is 0.199. The number of carbonyl (C=O) groups is 1. The lowest BCUT2D eigenvalue weighted by Gasteiger charge is -2.17. The lowest BCUT2D eigenvalue weighted by Crippen LogP contribution is -2.34. The molecule has 0 radical (unpaired) electrons. The molecule has 1 aromatic carbocycles. The zero-order chi connectivity index (χ0) is 16.4. The molecular formula is C15H24N2O3S. The normalized spacial score (nSPS) is 13.3. The molecule has 0 aliphatic rings. The van der Waals surface area contributed by atoms with Crippen LogP contribution in [0.15, 0.2) is 17.0 Å². The van der Waals surface area contributed by atoms with Crippen LogP contribution in [-0.4, -0.2) is 20.4 Å². The van der Waals surface area contributed by atoms with Gasteiger partial charge in [-0.05, 0) is 50.3 Å². The first kappa shape index (κ1) is 17.7. The Morgan fingerprint density at radius 3 is 2.24 bits per heavy atom. The number of nitrogens with one attached hydrogen (secondary N) is 1. The minimum absolute atomic E-state index is 0.00485. The second kappa shape index (κ2) is 6.58. The highest BCUT2D eigenvalue weighted by atomic mass is 32.2. The minimum atomic E-state index is -3.83. The summed E-state index contributed by atoms with van der Waals surface area (Å²) in [6.07, 6.45) is 0.860. The number of carbonyl (C=O) groups excluding carboxylic acids is 1. The summed E-state index contributed by atoms with van der Waals surface area (Å²) in [6, 6.07) is 3.05. The van der Waals surface area contributed by atoms with E-state index in [0.29, 0.717) is 17.0 Å². The van der Waals surface area contributed by atoms with Gasteiger partial charge in [0.2, 0.25) is 10.0 Å². The van der Waals surface area contributed by atoms with Gasteiger partial charge in [0.15, 0.2) is 0 Å². The van der Waals surface area contributed by atoms with Crippen LogP contribution in [-0.2, 0) is 10.0 Å². The van der Waals surface area contributed by atoms with Crippen LogP contribution in [0.1, 0.15) is 48.7 Å². The molecule has 0 aliphatic heterocycles. The third-order valence-electron chi connectivity index (χ3n) is 3.28. The SMILES string of the molecule is Cc1cc(C)c(S(N)(=O)=O)cc1C(=O)NC(C)CC(C)C. The van der Waals surface area contributed by atoms with Gasteiger partial charge in [0, 0.05) is 11.6 Å². The van der Waals surface area contributed by atoms with Gasteiger partial charge in [-0.15, -0.1) is 0 Å². The average molecular weight is 312 g/mol. The van der Waals surface area contributed by atoms with Crippen molar-refractivity contribution in [3.05, 3.63) is 28.8 Å². The molecule has 118 valence electrons. The molecule has 1 unspecified atom stereocenters. The van der Waals surface area contributed by atoms with Crippen LogP contribution >= 0.6 is 0 Å². The lowest BCUT2D eigenvalue weighted by molar-refractivity contribution is 0.0935. The number of sulfonamides is 1. The van der Waals surface area contributed by atoms with Crippen molar-refractivity contribution in [3.63, 3.8) is 0 Å². The van der Waals surface area contributed by atoms with Crippen molar-refractivity contribution in [2.45, 2.75) is 52.0 Å². The third-order valence-corrected chi connectivity index (χ3v) is 4.33. The Morgan fingerprint density at radius 2 is 1.76 bits per heavy atom. The molecule has 21 heavy (non-hydrogen) atoms. The van der Waals surface area contributed by atoms with Crippen molar-refractivity contribution in [3.8, 4) is 0 Å². The van der Waals surface area contributed by atoms with E-state index in [1.807, 2.05) is 6.92 Å². The lowest BCUT2D eigenvalue weighted by atomic mass is 10.0. The molecule has 0 fully saturated rings. The van der Waals surface area contributed by atoms with Crippen molar-refractivity contribution in [2.75, 3.05) is 0 Å². The second-order valence-electron chi connectivity index (χ2n) is 5.98. The van der Waals surface area contributed by atoms with Crippen molar-refractivity contribution < 1.29 is 13.2 Å². The summed E-state index contributed by atoms with van der Waals surface area (Å²) in [5, 5.41) is 8.08. The largest absolute Gasteiger partial charge is 0.350 e. The first-order valence-electron chi connectivity index (χ1n) is 6.97. The molecule has 1 rings (SSSR count). The Balaban J connectivity index is 3.10. The summed E-state index contributed by atoms with van der Waals surface area (Å²) >= 11 is 0. The first-order valence-corrected chi connectivity index (χ1v) is 8.52. The molecule has 0 saturated carbocycles. The van der Waals surface area contributed by atoms with E-state index >= 15 is 0 Å². The maximum Gasteiger partial charge on any atom is 0.251 e. The van der Waals surface area contributed by atoms with Gasteiger partial charge < -0.3 is 5.32 Å². The van der Waals surface area contributed by atoms with Gasteiger partial charge in [-0.3, -0.25) is 4.79 Å². The molecule has 1 amide bonds. The van der Waals surface area contributed by atoms with Gasteiger partial charge in [-0.2, -0.15) is 0 Å². The molecule has 6 heteroatoms. The van der Waals surface area contributed by atoms with E-state index in [0.717, 1.165) is 12.0 Å². The zero-order valence-electron chi connectivity index (χ0n) is 13.2. The Labute approximate surface area is 127 Å². The van der Waals surface area contributed by atoms with Crippen molar-refractivity contribution in [1.29, 1.82) is 0 Å². The molecule has 3 N–H and O–H groups in total. The van der Waals surface area contributed by atoms with E-state index in [2.05, 4.69) is 19.2 Å². The highest BCUT2D eigenvalue weighted by molar-refractivity contribution is 7.89. The Hall–Kier alpha value is -1.40. The molecule has 0 aliphatic carbocycles. The number of primary sulfonamides is 1. The van der Waals surface area contributed by atoms with Crippen LogP contribution < -0.4 is 10.5 Å². The maximum atomic E-state index is 12.3. The Bertz CT molecular complexity index is 637. The van der Waals surface area contributed by atoms with E-state index < -0.39 is 10.0 Å². The van der Waals surface area contributed by atoms with E-state index in [9.17, 15) is 13.2 Å². The van der Waals surface area contributed by atoms with Gasteiger partial charge in [0.25, 0.3) is 5.91 Å². The average Bonchev–Trinajstić information content (AvgIpc) is 2.24. The van der Waals surface area contributed by atoms with Gasteiger partial charge in [0.1, 0.15) is 0 Å². The van der Waals surface area contributed by atoms with Crippen molar-refractivity contribution in [1.82, 2.24) is 5.32 Å². The zero-order valence-corrected chi connectivity index (χ0v) is 14.0. The van der Waals surface area contributed by atoms with Crippen LogP contribution in [0.3, 0.4) is 0 Å². The molecule has 0 saturated heterocycles. The van der Waals surface area contributed by atoms with Crippen LogP contribution in [0.5, 0.6) is 0 Å². The smallest absolute Gasteiger partial charge is 0.251 e. The Kier molecular flexibility index (Phi) is 5.53. The van der Waals surface area contributed by atoms with Crippen molar-refractivity contribution >= 4 is 15.9 Å². The predicted octanol–water partition coefficient (Wildman–Crippen LogP) is 2.12. The van der Waals surface area contributed by atoms with Crippen LogP contribution in [0, 0.1) is 19.8 Å². The third kappa shape index (κ3) is 4.82. The molecule has 0 aromatic heterocycles. The molecular weight excluding hydrogens is 288 g/mol.